The van der Waals surface area contributed by atoms with Gasteiger partial charge in [0.1, 0.15) is 0 Å². The van der Waals surface area contributed by atoms with Gasteiger partial charge in [-0.1, -0.05) is 18.2 Å². The molecule has 1 aromatic carbocycles. The number of rotatable bonds is 6. The van der Waals surface area contributed by atoms with Crippen molar-refractivity contribution in [1.29, 1.82) is 0 Å². The zero-order valence-electron chi connectivity index (χ0n) is 8.93. The van der Waals surface area contributed by atoms with E-state index < -0.39 is 6.67 Å². The molecule has 16 heavy (non-hydrogen) atoms. The molecule has 4 heteroatoms. The van der Waals surface area contributed by atoms with Crippen LogP contribution in [0.4, 0.5) is 4.39 Å². The topological polar surface area (TPSA) is 37.4 Å². The summed E-state index contributed by atoms with van der Waals surface area (Å²) in [6.07, 6.45) is 1.35. The summed E-state index contributed by atoms with van der Waals surface area (Å²) in [4.78, 5) is 23.6. The van der Waals surface area contributed by atoms with E-state index >= 15 is 0 Å². The van der Waals surface area contributed by atoms with Gasteiger partial charge in [-0.15, -0.1) is 0 Å². The predicted octanol–water partition coefficient (Wildman–Crippen LogP) is 2.03. The van der Waals surface area contributed by atoms with E-state index in [1.807, 2.05) is 0 Å². The number of nitrogens with zero attached hydrogens (tertiary/aromatic N) is 1. The third kappa shape index (κ3) is 3.46. The van der Waals surface area contributed by atoms with Gasteiger partial charge in [0.25, 0.3) is 5.91 Å². The normalized spacial score (nSPS) is 9.81. The van der Waals surface area contributed by atoms with Gasteiger partial charge in [-0.2, -0.15) is 0 Å². The van der Waals surface area contributed by atoms with Gasteiger partial charge in [0, 0.05) is 12.1 Å². The van der Waals surface area contributed by atoms with Gasteiger partial charge in [0.2, 0.25) is 6.41 Å². The lowest BCUT2D eigenvalue weighted by Crippen LogP contribution is -2.30. The van der Waals surface area contributed by atoms with E-state index in [0.717, 1.165) is 4.90 Å². The van der Waals surface area contributed by atoms with E-state index in [9.17, 15) is 14.0 Å². The number of amides is 2. The van der Waals surface area contributed by atoms with Gasteiger partial charge in [-0.05, 0) is 25.0 Å². The van der Waals surface area contributed by atoms with Crippen LogP contribution in [-0.4, -0.2) is 30.4 Å². The van der Waals surface area contributed by atoms with Crippen molar-refractivity contribution in [2.24, 2.45) is 0 Å². The molecule has 0 aliphatic heterocycles. The molecular formula is C12H14FNO2. The maximum absolute atomic E-state index is 11.9. The third-order valence-electron chi connectivity index (χ3n) is 2.19. The lowest BCUT2D eigenvalue weighted by Gasteiger charge is -2.14. The van der Waals surface area contributed by atoms with Crippen LogP contribution in [0, 0.1) is 0 Å². The van der Waals surface area contributed by atoms with Gasteiger partial charge in [-0.3, -0.25) is 18.9 Å². The molecule has 0 fully saturated rings. The standard InChI is InChI=1S/C12H14FNO2/c13-8-4-5-9-14(10-15)12(16)11-6-2-1-3-7-11/h1-3,6-7,10H,4-5,8-9H2. The molecule has 0 unspecified atom stereocenters. The fourth-order valence-corrected chi connectivity index (χ4v) is 1.33. The van der Waals surface area contributed by atoms with Gasteiger partial charge in [0.05, 0.1) is 6.67 Å². The van der Waals surface area contributed by atoms with Crippen LogP contribution in [0.5, 0.6) is 0 Å². The average molecular weight is 223 g/mol. The smallest absolute Gasteiger partial charge is 0.260 e. The van der Waals surface area contributed by atoms with Crippen molar-refractivity contribution >= 4 is 12.3 Å². The minimum atomic E-state index is -0.424. The van der Waals surface area contributed by atoms with Crippen molar-refractivity contribution in [2.75, 3.05) is 13.2 Å². The number of alkyl halides is 1. The lowest BCUT2D eigenvalue weighted by atomic mass is 10.2. The maximum atomic E-state index is 11.9. The van der Waals surface area contributed by atoms with Crippen molar-refractivity contribution in [3.8, 4) is 0 Å². The van der Waals surface area contributed by atoms with E-state index in [4.69, 9.17) is 0 Å². The number of hydrogen-bond acceptors (Lipinski definition) is 2. The minimum Gasteiger partial charge on any atom is -0.281 e. The van der Waals surface area contributed by atoms with E-state index in [1.165, 1.54) is 0 Å². The van der Waals surface area contributed by atoms with Crippen LogP contribution in [-0.2, 0) is 4.79 Å². The summed E-state index contributed by atoms with van der Waals surface area (Å²) >= 11 is 0. The van der Waals surface area contributed by atoms with Crippen LogP contribution in [0.2, 0.25) is 0 Å². The highest BCUT2D eigenvalue weighted by molar-refractivity contribution is 5.99. The van der Waals surface area contributed by atoms with Crippen LogP contribution in [0.15, 0.2) is 30.3 Å². The monoisotopic (exact) mass is 223 g/mol. The summed E-state index contributed by atoms with van der Waals surface area (Å²) < 4.78 is 11.9. The van der Waals surface area contributed by atoms with Crippen molar-refractivity contribution in [2.45, 2.75) is 12.8 Å². The Bertz CT molecular complexity index is 340. The Morgan fingerprint density at radius 3 is 2.50 bits per heavy atom. The molecule has 0 heterocycles. The summed E-state index contributed by atoms with van der Waals surface area (Å²) in [5, 5.41) is 0. The molecule has 0 aliphatic rings. The highest BCUT2D eigenvalue weighted by Crippen LogP contribution is 2.04. The van der Waals surface area contributed by atoms with E-state index in [2.05, 4.69) is 0 Å². The highest BCUT2D eigenvalue weighted by Gasteiger charge is 2.13. The van der Waals surface area contributed by atoms with Crippen LogP contribution in [0.1, 0.15) is 23.2 Å². The number of carbonyl (C=O) groups excluding carboxylic acids is 2. The first kappa shape index (κ1) is 12.4. The lowest BCUT2D eigenvalue weighted by molar-refractivity contribution is -0.116. The summed E-state index contributed by atoms with van der Waals surface area (Å²) in [6.45, 7) is -0.159. The van der Waals surface area contributed by atoms with Gasteiger partial charge < -0.3 is 0 Å². The summed E-state index contributed by atoms with van der Waals surface area (Å²) in [7, 11) is 0. The van der Waals surface area contributed by atoms with Crippen molar-refractivity contribution in [3.63, 3.8) is 0 Å². The minimum absolute atomic E-state index is 0.265. The number of imide groups is 1. The SMILES string of the molecule is O=CN(CCCCF)C(=O)c1ccccc1. The number of benzene rings is 1. The van der Waals surface area contributed by atoms with Gasteiger partial charge in [-0.25, -0.2) is 0 Å². The molecule has 0 N–H and O–H groups in total. The Labute approximate surface area is 93.9 Å². The average Bonchev–Trinajstić information content (AvgIpc) is 2.35. The van der Waals surface area contributed by atoms with Crippen LogP contribution in [0.3, 0.4) is 0 Å². The largest absolute Gasteiger partial charge is 0.281 e. The Morgan fingerprint density at radius 1 is 1.25 bits per heavy atom. The Balaban J connectivity index is 2.59. The first-order valence-electron chi connectivity index (χ1n) is 5.17. The Kier molecular flexibility index (Phi) is 5.19. The number of unbranched alkanes of at least 4 members (excludes halogenated alkanes) is 1. The molecule has 0 aliphatic carbocycles. The van der Waals surface area contributed by atoms with E-state index in [-0.39, 0.29) is 12.5 Å². The molecule has 0 saturated carbocycles. The van der Waals surface area contributed by atoms with Gasteiger partial charge in [0.15, 0.2) is 0 Å². The Hall–Kier alpha value is -1.71. The predicted molar refractivity (Wildman–Crippen MR) is 58.8 cm³/mol. The number of halogens is 1. The van der Waals surface area contributed by atoms with Crippen molar-refractivity contribution < 1.29 is 14.0 Å². The maximum Gasteiger partial charge on any atom is 0.260 e. The number of carbonyl (C=O) groups is 2. The molecule has 3 nitrogen and oxygen atoms in total. The van der Waals surface area contributed by atoms with Crippen LogP contribution in [0.25, 0.3) is 0 Å². The third-order valence-corrected chi connectivity index (χ3v) is 2.19. The van der Waals surface area contributed by atoms with Crippen molar-refractivity contribution in [3.05, 3.63) is 35.9 Å². The summed E-state index contributed by atoms with van der Waals surface area (Å²) in [5.41, 5.74) is 0.467. The molecular weight excluding hydrogens is 209 g/mol. The highest BCUT2D eigenvalue weighted by atomic mass is 19.1. The first-order chi connectivity index (χ1) is 7.79. The van der Waals surface area contributed by atoms with Crippen LogP contribution < -0.4 is 0 Å². The second-order valence-corrected chi connectivity index (χ2v) is 3.37. The molecule has 0 saturated heterocycles. The zero-order valence-corrected chi connectivity index (χ0v) is 8.93. The molecule has 0 atom stereocenters. The van der Waals surface area contributed by atoms with Crippen LogP contribution >= 0.6 is 0 Å². The second kappa shape index (κ2) is 6.71. The number of hydrogen-bond donors (Lipinski definition) is 0. The molecule has 1 rings (SSSR count). The molecule has 0 aromatic heterocycles. The van der Waals surface area contributed by atoms with Crippen molar-refractivity contribution in [1.82, 2.24) is 4.90 Å². The molecule has 0 bridgehead atoms. The van der Waals surface area contributed by atoms with E-state index in [0.29, 0.717) is 24.8 Å². The van der Waals surface area contributed by atoms with Gasteiger partial charge >= 0.3 is 0 Å². The fourth-order valence-electron chi connectivity index (χ4n) is 1.33. The Morgan fingerprint density at radius 2 is 1.94 bits per heavy atom. The molecule has 0 radical (unpaired) electrons. The quantitative estimate of drug-likeness (QED) is 0.546. The molecule has 2 amide bonds. The zero-order chi connectivity index (χ0) is 11.8. The molecule has 0 spiro atoms. The first-order valence-corrected chi connectivity index (χ1v) is 5.17. The van der Waals surface area contributed by atoms with E-state index in [1.54, 1.807) is 30.3 Å². The molecule has 1 aromatic rings. The second-order valence-electron chi connectivity index (χ2n) is 3.37. The molecule has 86 valence electrons. The summed E-state index contributed by atoms with van der Waals surface area (Å²) in [6, 6.07) is 8.56. The summed E-state index contributed by atoms with van der Waals surface area (Å²) in [5.74, 6) is -0.338. The fraction of sp³-hybridized carbons (Fsp3) is 0.333.